The van der Waals surface area contributed by atoms with Gasteiger partial charge in [0.05, 0.1) is 16.4 Å². The first-order chi connectivity index (χ1) is 15.0. The minimum atomic E-state index is -0.898. The zero-order valence-electron chi connectivity index (χ0n) is 18.3. The van der Waals surface area contributed by atoms with Gasteiger partial charge in [0, 0.05) is 29.3 Å². The monoisotopic (exact) mass is 438 g/mol. The minimum Gasteiger partial charge on any atom is -0.481 e. The first-order valence-corrected chi connectivity index (χ1v) is 12.1. The van der Waals surface area contributed by atoms with Crippen LogP contribution in [0.4, 0.5) is 0 Å². The molecule has 0 amide bonds. The Morgan fingerprint density at radius 3 is 2.55 bits per heavy atom. The fourth-order valence-electron chi connectivity index (χ4n) is 5.00. The van der Waals surface area contributed by atoms with Crippen molar-refractivity contribution in [3.63, 3.8) is 0 Å². The standard InChI is InChI=1S/C25H30N2O3S/c1-3-18(4-2)27-21-10-9-17(22(28)16-25(24(29)30)11-5-6-12-25)14-20(21)26-23(27)15-19-8-7-13-31-19/h7-10,13-14,18H,3-6,11-12,15-16H2,1-2H3,(H,29,30). The first-order valence-electron chi connectivity index (χ1n) is 11.3. The third kappa shape index (κ3) is 4.18. The average molecular weight is 439 g/mol. The quantitative estimate of drug-likeness (QED) is 0.400. The second-order valence-corrected chi connectivity index (χ2v) is 9.75. The summed E-state index contributed by atoms with van der Waals surface area (Å²) in [5, 5.41) is 11.8. The summed E-state index contributed by atoms with van der Waals surface area (Å²) in [7, 11) is 0. The van der Waals surface area contributed by atoms with Crippen LogP contribution in [0, 0.1) is 5.41 Å². The van der Waals surface area contributed by atoms with Gasteiger partial charge < -0.3 is 9.67 Å². The summed E-state index contributed by atoms with van der Waals surface area (Å²) in [5.41, 5.74) is 1.54. The highest BCUT2D eigenvalue weighted by Crippen LogP contribution is 2.42. The molecule has 0 atom stereocenters. The van der Waals surface area contributed by atoms with Crippen LogP contribution in [0.1, 0.15) is 85.9 Å². The molecule has 1 aromatic carbocycles. The number of thiophene rings is 1. The van der Waals surface area contributed by atoms with Gasteiger partial charge in [0.1, 0.15) is 5.82 Å². The van der Waals surface area contributed by atoms with Gasteiger partial charge in [0.2, 0.25) is 0 Å². The number of imidazole rings is 1. The Morgan fingerprint density at radius 1 is 1.19 bits per heavy atom. The highest BCUT2D eigenvalue weighted by molar-refractivity contribution is 7.09. The molecule has 1 saturated carbocycles. The van der Waals surface area contributed by atoms with E-state index >= 15 is 0 Å². The fraction of sp³-hybridized carbons (Fsp3) is 0.480. The van der Waals surface area contributed by atoms with Crippen LogP contribution in [0.2, 0.25) is 0 Å². The number of carboxylic acids is 1. The number of benzene rings is 1. The summed E-state index contributed by atoms with van der Waals surface area (Å²) < 4.78 is 2.33. The zero-order valence-corrected chi connectivity index (χ0v) is 19.1. The van der Waals surface area contributed by atoms with Gasteiger partial charge in [0.15, 0.2) is 5.78 Å². The lowest BCUT2D eigenvalue weighted by atomic mass is 9.80. The molecule has 2 heterocycles. The van der Waals surface area contributed by atoms with Crippen molar-refractivity contribution in [2.75, 3.05) is 0 Å². The van der Waals surface area contributed by atoms with Crippen LogP contribution < -0.4 is 0 Å². The van der Waals surface area contributed by atoms with E-state index in [1.807, 2.05) is 18.2 Å². The maximum atomic E-state index is 13.1. The van der Waals surface area contributed by atoms with E-state index in [1.54, 1.807) is 11.3 Å². The van der Waals surface area contributed by atoms with Crippen molar-refractivity contribution < 1.29 is 14.7 Å². The summed E-state index contributed by atoms with van der Waals surface area (Å²) in [5.74, 6) is 0.0901. The molecule has 0 aliphatic heterocycles. The van der Waals surface area contributed by atoms with Gasteiger partial charge in [-0.25, -0.2) is 4.98 Å². The number of aliphatic carboxylic acids is 1. The van der Waals surface area contributed by atoms with E-state index in [-0.39, 0.29) is 12.2 Å². The van der Waals surface area contributed by atoms with Crippen LogP contribution in [0.15, 0.2) is 35.7 Å². The summed E-state index contributed by atoms with van der Waals surface area (Å²) in [6.45, 7) is 4.39. The van der Waals surface area contributed by atoms with Crippen LogP contribution in [-0.4, -0.2) is 26.4 Å². The number of hydrogen-bond acceptors (Lipinski definition) is 4. The van der Waals surface area contributed by atoms with Crippen molar-refractivity contribution in [2.45, 2.75) is 71.3 Å². The highest BCUT2D eigenvalue weighted by atomic mass is 32.1. The predicted molar refractivity (Wildman–Crippen MR) is 124 cm³/mol. The number of carbonyl (C=O) groups excluding carboxylic acids is 1. The number of nitrogens with zero attached hydrogens (tertiary/aromatic N) is 2. The average Bonchev–Trinajstić information content (AvgIpc) is 3.50. The van der Waals surface area contributed by atoms with Crippen LogP contribution in [-0.2, 0) is 11.2 Å². The van der Waals surface area contributed by atoms with Crippen LogP contribution in [0.3, 0.4) is 0 Å². The molecule has 6 heteroatoms. The molecule has 0 saturated heterocycles. The molecule has 4 rings (SSSR count). The summed E-state index contributed by atoms with van der Waals surface area (Å²) in [4.78, 5) is 31.1. The lowest BCUT2D eigenvalue weighted by Crippen LogP contribution is -2.30. The smallest absolute Gasteiger partial charge is 0.310 e. The molecule has 3 aromatic rings. The molecule has 0 unspecified atom stereocenters. The van der Waals surface area contributed by atoms with Gasteiger partial charge in [-0.15, -0.1) is 11.3 Å². The molecule has 5 nitrogen and oxygen atoms in total. The number of aromatic nitrogens is 2. The fourth-order valence-corrected chi connectivity index (χ4v) is 5.71. The van der Waals surface area contributed by atoms with E-state index < -0.39 is 11.4 Å². The van der Waals surface area contributed by atoms with Gasteiger partial charge in [-0.05, 0) is 55.3 Å². The largest absolute Gasteiger partial charge is 0.481 e. The molecule has 1 aliphatic rings. The molecule has 1 fully saturated rings. The van der Waals surface area contributed by atoms with Gasteiger partial charge in [-0.3, -0.25) is 9.59 Å². The second kappa shape index (κ2) is 8.95. The lowest BCUT2D eigenvalue weighted by Gasteiger charge is -2.22. The van der Waals surface area contributed by atoms with E-state index in [4.69, 9.17) is 4.98 Å². The molecule has 0 bridgehead atoms. The Kier molecular flexibility index (Phi) is 6.28. The Bertz CT molecular complexity index is 1070. The van der Waals surface area contributed by atoms with Crippen molar-refractivity contribution >= 4 is 34.1 Å². The van der Waals surface area contributed by atoms with Crippen molar-refractivity contribution in [1.82, 2.24) is 9.55 Å². The van der Waals surface area contributed by atoms with Crippen molar-refractivity contribution in [1.29, 1.82) is 0 Å². The highest BCUT2D eigenvalue weighted by Gasteiger charge is 2.43. The molecule has 1 N–H and O–H groups in total. The van der Waals surface area contributed by atoms with Crippen LogP contribution in [0.5, 0.6) is 0 Å². The number of hydrogen-bond donors (Lipinski definition) is 1. The SMILES string of the molecule is CCC(CC)n1c(Cc2cccs2)nc2cc(C(=O)CC3(C(=O)O)CCCC3)ccc21. The third-order valence-corrected chi connectivity index (χ3v) is 7.69. The third-order valence-electron chi connectivity index (χ3n) is 6.82. The van der Waals surface area contributed by atoms with Gasteiger partial charge in [0.25, 0.3) is 0 Å². The van der Waals surface area contributed by atoms with E-state index in [9.17, 15) is 14.7 Å². The molecule has 0 spiro atoms. The Labute approximate surface area is 187 Å². The zero-order chi connectivity index (χ0) is 22.0. The van der Waals surface area contributed by atoms with E-state index in [0.29, 0.717) is 24.4 Å². The topological polar surface area (TPSA) is 72.2 Å². The Morgan fingerprint density at radius 2 is 1.94 bits per heavy atom. The lowest BCUT2D eigenvalue weighted by molar-refractivity contribution is -0.148. The molecule has 164 valence electrons. The molecular formula is C25H30N2O3S. The van der Waals surface area contributed by atoms with Crippen molar-refractivity contribution in [3.05, 3.63) is 52.0 Å². The maximum absolute atomic E-state index is 13.1. The number of rotatable bonds is 9. The van der Waals surface area contributed by atoms with Gasteiger partial charge in [-0.2, -0.15) is 0 Å². The van der Waals surface area contributed by atoms with Crippen molar-refractivity contribution in [2.24, 2.45) is 5.41 Å². The van der Waals surface area contributed by atoms with E-state index in [1.165, 1.54) is 4.88 Å². The normalized spacial score (nSPS) is 15.7. The van der Waals surface area contributed by atoms with E-state index in [2.05, 4.69) is 35.9 Å². The Hall–Kier alpha value is -2.47. The number of ketones is 1. The summed E-state index contributed by atoms with van der Waals surface area (Å²) >= 11 is 1.73. The molecule has 2 aromatic heterocycles. The predicted octanol–water partition coefficient (Wildman–Crippen LogP) is 6.27. The number of carboxylic acid groups (broad SMARTS) is 1. The van der Waals surface area contributed by atoms with Crippen LogP contribution in [0.25, 0.3) is 11.0 Å². The molecule has 0 radical (unpaired) electrons. The summed E-state index contributed by atoms with van der Waals surface area (Å²) in [6.07, 6.45) is 5.81. The Balaban J connectivity index is 1.70. The molecule has 31 heavy (non-hydrogen) atoms. The van der Waals surface area contributed by atoms with Gasteiger partial charge >= 0.3 is 5.97 Å². The van der Waals surface area contributed by atoms with Gasteiger partial charge in [-0.1, -0.05) is 32.8 Å². The number of carbonyl (C=O) groups is 2. The molecule has 1 aliphatic carbocycles. The minimum absolute atomic E-state index is 0.0726. The van der Waals surface area contributed by atoms with Crippen molar-refractivity contribution in [3.8, 4) is 0 Å². The first kappa shape index (κ1) is 21.8. The number of fused-ring (bicyclic) bond motifs is 1. The number of Topliss-reactive ketones (excluding diaryl/α,β-unsaturated/α-hetero) is 1. The molecular weight excluding hydrogens is 408 g/mol. The van der Waals surface area contributed by atoms with E-state index in [0.717, 1.165) is 49.0 Å². The second-order valence-electron chi connectivity index (χ2n) is 8.72. The summed E-state index contributed by atoms with van der Waals surface area (Å²) in [6, 6.07) is 10.2. The maximum Gasteiger partial charge on any atom is 0.310 e. The van der Waals surface area contributed by atoms with Crippen LogP contribution >= 0.6 is 11.3 Å².